The van der Waals surface area contributed by atoms with E-state index in [9.17, 15) is 0 Å². The molecule has 1 fully saturated rings. The van der Waals surface area contributed by atoms with Crippen molar-refractivity contribution in [3.05, 3.63) is 0 Å². The largest absolute Gasteiger partial charge is 0.305 e. The first-order valence-electron chi connectivity index (χ1n) is 6.96. The molecule has 2 heteroatoms. The summed E-state index contributed by atoms with van der Waals surface area (Å²) in [5.74, 6) is 0.762. The fourth-order valence-corrected chi connectivity index (χ4v) is 2.44. The van der Waals surface area contributed by atoms with Crippen LogP contribution in [0.2, 0.25) is 0 Å². The topological polar surface area (TPSA) is 6.48 Å². The Kier molecular flexibility index (Phi) is 8.04. The van der Waals surface area contributed by atoms with Gasteiger partial charge in [-0.2, -0.15) is 0 Å². The predicted octanol–water partition coefficient (Wildman–Crippen LogP) is 3.08. The van der Waals surface area contributed by atoms with Crippen molar-refractivity contribution >= 4 is 0 Å². The third-order valence-electron chi connectivity index (χ3n) is 3.31. The van der Waals surface area contributed by atoms with E-state index in [1.807, 2.05) is 13.8 Å². The SMILES string of the molecule is CC.CC(C)[C@@H]1CN(C)CCCN1C(C)C. The predicted molar refractivity (Wildman–Crippen MR) is 73.9 cm³/mol. The molecule has 1 aliphatic heterocycles. The maximum Gasteiger partial charge on any atom is 0.0248 e. The summed E-state index contributed by atoms with van der Waals surface area (Å²) in [4.78, 5) is 5.15. The Bertz CT molecular complexity index is 166. The van der Waals surface area contributed by atoms with Gasteiger partial charge < -0.3 is 4.90 Å². The van der Waals surface area contributed by atoms with Crippen molar-refractivity contribution in [2.24, 2.45) is 5.92 Å². The van der Waals surface area contributed by atoms with Gasteiger partial charge in [0.05, 0.1) is 0 Å². The molecule has 16 heavy (non-hydrogen) atoms. The van der Waals surface area contributed by atoms with Crippen molar-refractivity contribution in [3.63, 3.8) is 0 Å². The molecule has 1 heterocycles. The monoisotopic (exact) mass is 228 g/mol. The van der Waals surface area contributed by atoms with Crippen LogP contribution in [0.4, 0.5) is 0 Å². The van der Waals surface area contributed by atoms with Crippen LogP contribution in [0, 0.1) is 5.92 Å². The van der Waals surface area contributed by atoms with Crippen molar-refractivity contribution in [3.8, 4) is 0 Å². The highest BCUT2D eigenvalue weighted by Gasteiger charge is 2.27. The quantitative estimate of drug-likeness (QED) is 0.716. The highest BCUT2D eigenvalue weighted by atomic mass is 15.2. The zero-order valence-corrected chi connectivity index (χ0v) is 12.5. The Balaban J connectivity index is 0.00000106. The van der Waals surface area contributed by atoms with Gasteiger partial charge in [0, 0.05) is 18.6 Å². The molecule has 1 aliphatic rings. The Morgan fingerprint density at radius 3 is 2.00 bits per heavy atom. The maximum absolute atomic E-state index is 2.67. The zero-order valence-electron chi connectivity index (χ0n) is 12.5. The molecule has 0 bridgehead atoms. The van der Waals surface area contributed by atoms with Crippen molar-refractivity contribution < 1.29 is 0 Å². The average Bonchev–Trinajstić information content (AvgIpc) is 2.43. The van der Waals surface area contributed by atoms with Crippen LogP contribution >= 0.6 is 0 Å². The van der Waals surface area contributed by atoms with Crippen LogP contribution in [0.1, 0.15) is 48.0 Å². The number of hydrogen-bond donors (Lipinski definition) is 0. The van der Waals surface area contributed by atoms with Crippen LogP contribution in [-0.4, -0.2) is 48.6 Å². The molecule has 0 saturated carbocycles. The smallest absolute Gasteiger partial charge is 0.0248 e. The molecule has 0 radical (unpaired) electrons. The van der Waals surface area contributed by atoms with Gasteiger partial charge in [-0.15, -0.1) is 0 Å². The van der Waals surface area contributed by atoms with E-state index in [1.165, 1.54) is 26.1 Å². The Labute approximate surface area is 103 Å². The molecule has 1 rings (SSSR count). The first-order chi connectivity index (χ1) is 7.52. The van der Waals surface area contributed by atoms with E-state index in [2.05, 4.69) is 44.5 Å². The average molecular weight is 228 g/mol. The van der Waals surface area contributed by atoms with Crippen molar-refractivity contribution in [2.75, 3.05) is 26.7 Å². The van der Waals surface area contributed by atoms with Gasteiger partial charge in [-0.05, 0) is 46.3 Å². The van der Waals surface area contributed by atoms with Gasteiger partial charge in [0.25, 0.3) is 0 Å². The van der Waals surface area contributed by atoms with Gasteiger partial charge in [-0.3, -0.25) is 4.90 Å². The molecule has 98 valence electrons. The lowest BCUT2D eigenvalue weighted by molar-refractivity contribution is 0.115. The van der Waals surface area contributed by atoms with Gasteiger partial charge in [0.2, 0.25) is 0 Å². The summed E-state index contributed by atoms with van der Waals surface area (Å²) in [5, 5.41) is 0. The lowest BCUT2D eigenvalue weighted by atomic mass is 10.0. The van der Waals surface area contributed by atoms with E-state index in [1.54, 1.807) is 0 Å². The van der Waals surface area contributed by atoms with Gasteiger partial charge in [-0.25, -0.2) is 0 Å². The van der Waals surface area contributed by atoms with Crippen LogP contribution in [-0.2, 0) is 0 Å². The normalized spacial score (nSPS) is 24.2. The molecule has 0 unspecified atom stereocenters. The minimum Gasteiger partial charge on any atom is -0.305 e. The third-order valence-corrected chi connectivity index (χ3v) is 3.31. The first-order valence-corrected chi connectivity index (χ1v) is 6.96. The standard InChI is InChI=1S/C12H26N2.C2H6/c1-10(2)12-9-13(5)7-6-8-14(12)11(3)4;1-2/h10-12H,6-9H2,1-5H3;1-2H3/t12-;/m0./s1. The van der Waals surface area contributed by atoms with E-state index in [4.69, 9.17) is 0 Å². The molecule has 0 aromatic carbocycles. The Morgan fingerprint density at radius 1 is 1.00 bits per heavy atom. The van der Waals surface area contributed by atoms with E-state index in [0.29, 0.717) is 6.04 Å². The summed E-state index contributed by atoms with van der Waals surface area (Å²) in [7, 11) is 2.25. The van der Waals surface area contributed by atoms with Crippen LogP contribution in [0.15, 0.2) is 0 Å². The minimum absolute atomic E-state index is 0.689. The summed E-state index contributed by atoms with van der Waals surface area (Å²) >= 11 is 0. The van der Waals surface area contributed by atoms with Crippen molar-refractivity contribution in [2.45, 2.75) is 60.0 Å². The molecule has 0 amide bonds. The summed E-state index contributed by atoms with van der Waals surface area (Å²) in [6.45, 7) is 17.1. The van der Waals surface area contributed by atoms with E-state index >= 15 is 0 Å². The van der Waals surface area contributed by atoms with E-state index in [0.717, 1.165) is 12.0 Å². The molecule has 0 spiro atoms. The van der Waals surface area contributed by atoms with Gasteiger partial charge >= 0.3 is 0 Å². The molecular formula is C14H32N2. The number of nitrogens with zero attached hydrogens (tertiary/aromatic N) is 2. The summed E-state index contributed by atoms with van der Waals surface area (Å²) < 4.78 is 0. The number of hydrogen-bond acceptors (Lipinski definition) is 2. The number of likely N-dealkylation sites (N-methyl/N-ethyl adjacent to an activating group) is 1. The van der Waals surface area contributed by atoms with Gasteiger partial charge in [-0.1, -0.05) is 27.7 Å². The molecule has 0 aliphatic carbocycles. The summed E-state index contributed by atoms with van der Waals surface area (Å²) in [5.41, 5.74) is 0. The lowest BCUT2D eigenvalue weighted by Crippen LogP contribution is -2.46. The van der Waals surface area contributed by atoms with Crippen LogP contribution < -0.4 is 0 Å². The first kappa shape index (κ1) is 15.9. The van der Waals surface area contributed by atoms with E-state index in [-0.39, 0.29) is 0 Å². The second kappa shape index (κ2) is 8.08. The van der Waals surface area contributed by atoms with Crippen molar-refractivity contribution in [1.29, 1.82) is 0 Å². The van der Waals surface area contributed by atoms with Crippen LogP contribution in [0.25, 0.3) is 0 Å². The van der Waals surface area contributed by atoms with Crippen LogP contribution in [0.3, 0.4) is 0 Å². The highest BCUT2D eigenvalue weighted by molar-refractivity contribution is 4.82. The second-order valence-electron chi connectivity index (χ2n) is 5.26. The fraction of sp³-hybridized carbons (Fsp3) is 1.00. The van der Waals surface area contributed by atoms with Gasteiger partial charge in [0.15, 0.2) is 0 Å². The molecular weight excluding hydrogens is 196 g/mol. The fourth-order valence-electron chi connectivity index (χ4n) is 2.44. The van der Waals surface area contributed by atoms with Crippen LogP contribution in [0.5, 0.6) is 0 Å². The molecule has 0 aromatic rings. The number of rotatable bonds is 2. The molecule has 0 N–H and O–H groups in total. The third kappa shape index (κ3) is 4.84. The Morgan fingerprint density at radius 2 is 1.56 bits per heavy atom. The van der Waals surface area contributed by atoms with Crippen molar-refractivity contribution in [1.82, 2.24) is 9.80 Å². The zero-order chi connectivity index (χ0) is 12.7. The van der Waals surface area contributed by atoms with Gasteiger partial charge in [0.1, 0.15) is 0 Å². The Hall–Kier alpha value is -0.0800. The molecule has 1 atom stereocenters. The molecule has 2 nitrogen and oxygen atoms in total. The molecule has 1 saturated heterocycles. The molecule has 0 aromatic heterocycles. The summed E-state index contributed by atoms with van der Waals surface area (Å²) in [6, 6.07) is 1.43. The maximum atomic E-state index is 2.67. The summed E-state index contributed by atoms with van der Waals surface area (Å²) in [6.07, 6.45) is 1.32. The minimum atomic E-state index is 0.689. The second-order valence-corrected chi connectivity index (χ2v) is 5.26. The lowest BCUT2D eigenvalue weighted by Gasteiger charge is -2.36. The van der Waals surface area contributed by atoms with E-state index < -0.39 is 0 Å². The highest BCUT2D eigenvalue weighted by Crippen LogP contribution is 2.18.